The zero-order chi connectivity index (χ0) is 15.0. The Labute approximate surface area is 138 Å². The number of hydrogen-bond acceptors (Lipinski definition) is 3. The van der Waals surface area contributed by atoms with Gasteiger partial charge in [-0.3, -0.25) is 0 Å². The molecule has 0 aromatic heterocycles. The molecule has 4 nitrogen and oxygen atoms in total. The van der Waals surface area contributed by atoms with Crippen LogP contribution in [-0.2, 0) is 6.42 Å². The zero-order valence-electron chi connectivity index (χ0n) is 11.6. The van der Waals surface area contributed by atoms with Crippen LogP contribution in [0.3, 0.4) is 0 Å². The lowest BCUT2D eigenvalue weighted by molar-refractivity contribution is 0.188. The molecule has 119 valence electrons. The molecule has 0 bridgehead atoms. The fourth-order valence-corrected chi connectivity index (χ4v) is 3.00. The number of fused-ring (bicyclic) bond motifs is 1. The molecule has 22 heavy (non-hydrogen) atoms. The van der Waals surface area contributed by atoms with E-state index in [1.54, 1.807) is 6.20 Å². The first-order valence-electron chi connectivity index (χ1n) is 6.64. The molecular weight excluding hydrogens is 332 g/mol. The second-order valence-electron chi connectivity index (χ2n) is 4.99. The summed E-state index contributed by atoms with van der Waals surface area (Å²) in [6.07, 6.45) is 2.78. The molecule has 0 fully saturated rings. The highest BCUT2D eigenvalue weighted by Crippen LogP contribution is 2.32. The molecule has 2 aliphatic heterocycles. The van der Waals surface area contributed by atoms with Gasteiger partial charge in [-0.05, 0) is 24.8 Å². The van der Waals surface area contributed by atoms with E-state index in [-0.39, 0.29) is 30.8 Å². The highest BCUT2D eigenvalue weighted by atomic mass is 35.5. The molecule has 0 unspecified atom stereocenters. The van der Waals surface area contributed by atoms with Crippen LogP contribution >= 0.6 is 24.6 Å². The summed E-state index contributed by atoms with van der Waals surface area (Å²) in [5, 5.41) is 4.56. The Morgan fingerprint density at radius 2 is 2.18 bits per heavy atom. The number of halogens is 3. The van der Waals surface area contributed by atoms with Crippen molar-refractivity contribution in [2.45, 2.75) is 18.9 Å². The smallest absolute Gasteiger partial charge is 0.200 e. The number of benzene rings is 1. The van der Waals surface area contributed by atoms with E-state index in [1.807, 2.05) is 4.90 Å². The lowest BCUT2D eigenvalue weighted by Crippen LogP contribution is -2.44. The molecule has 0 amide bonds. The molecule has 8 heteroatoms. The molecule has 1 aromatic carbocycles. The lowest BCUT2D eigenvalue weighted by atomic mass is 10.0. The fraction of sp³-hybridized carbons (Fsp3) is 0.357. The van der Waals surface area contributed by atoms with Gasteiger partial charge in [0.05, 0.1) is 6.04 Å². The molecule has 3 rings (SSSR count). The first-order chi connectivity index (χ1) is 10.1. The van der Waals surface area contributed by atoms with Crippen molar-refractivity contribution >= 4 is 29.7 Å². The van der Waals surface area contributed by atoms with Crippen LogP contribution in [0.4, 0.5) is 8.78 Å². The van der Waals surface area contributed by atoms with E-state index in [9.17, 15) is 8.78 Å². The van der Waals surface area contributed by atoms with Gasteiger partial charge in [-0.2, -0.15) is 0 Å². The average molecular weight is 347 g/mol. The van der Waals surface area contributed by atoms with Crippen LogP contribution in [-0.4, -0.2) is 29.2 Å². The molecule has 1 radical (unpaired) electrons. The standard InChI is InChI=1S/C14H14F2N3OS.ClH/c15-9-3-8-4-11(7-20-13(8)12(16)5-9)19-10(1-2-17)6-18-14(19)21;/h3,5-6,11H,1-2,4,7,17H2;1H/t11-;/m0./s1. The molecule has 0 saturated carbocycles. The molecule has 2 N–H and O–H groups in total. The van der Waals surface area contributed by atoms with Gasteiger partial charge in [0.15, 0.2) is 16.7 Å². The largest absolute Gasteiger partial charge is 0.488 e. The summed E-state index contributed by atoms with van der Waals surface area (Å²) < 4.78 is 32.5. The van der Waals surface area contributed by atoms with Crippen LogP contribution in [0.2, 0.25) is 0 Å². The first kappa shape index (κ1) is 16.9. The van der Waals surface area contributed by atoms with Gasteiger partial charge in [-0.15, -0.1) is 12.4 Å². The lowest BCUT2D eigenvalue weighted by Gasteiger charge is -2.34. The van der Waals surface area contributed by atoms with Gasteiger partial charge >= 0.3 is 0 Å². The maximum absolute atomic E-state index is 13.7. The van der Waals surface area contributed by atoms with Crippen molar-refractivity contribution in [1.82, 2.24) is 10.2 Å². The van der Waals surface area contributed by atoms with Gasteiger partial charge in [0.2, 0.25) is 0 Å². The SMILES string of the molecule is Cl.NCCC1=C[N]C(=S)N1[C@@H]1COc2c(F)cc(F)cc2C1. The molecule has 1 aromatic rings. The predicted molar refractivity (Wildman–Crippen MR) is 84.9 cm³/mol. The zero-order valence-corrected chi connectivity index (χ0v) is 13.2. The highest BCUT2D eigenvalue weighted by molar-refractivity contribution is 7.80. The Morgan fingerprint density at radius 1 is 1.41 bits per heavy atom. The Hall–Kier alpha value is -1.44. The van der Waals surface area contributed by atoms with E-state index in [4.69, 9.17) is 22.7 Å². The summed E-state index contributed by atoms with van der Waals surface area (Å²) in [5.74, 6) is -1.16. The van der Waals surface area contributed by atoms with Crippen LogP contribution in [0, 0.1) is 11.6 Å². The van der Waals surface area contributed by atoms with Crippen molar-refractivity contribution in [3.05, 3.63) is 41.2 Å². The van der Waals surface area contributed by atoms with Gasteiger partial charge in [0, 0.05) is 36.4 Å². The third-order valence-corrected chi connectivity index (χ3v) is 3.87. The van der Waals surface area contributed by atoms with Gasteiger partial charge < -0.3 is 15.4 Å². The average Bonchev–Trinajstić information content (AvgIpc) is 2.79. The Kier molecular flexibility index (Phi) is 5.20. The molecule has 2 heterocycles. The highest BCUT2D eigenvalue weighted by Gasteiger charge is 2.33. The minimum atomic E-state index is -0.671. The van der Waals surface area contributed by atoms with E-state index in [1.165, 1.54) is 6.07 Å². The second kappa shape index (κ2) is 6.76. The monoisotopic (exact) mass is 346 g/mol. The van der Waals surface area contributed by atoms with Gasteiger partial charge in [0.25, 0.3) is 0 Å². The van der Waals surface area contributed by atoms with Gasteiger partial charge in [-0.25, -0.2) is 14.1 Å². The number of nitrogens with zero attached hydrogens (tertiary/aromatic N) is 2. The van der Waals surface area contributed by atoms with Crippen molar-refractivity contribution in [2.24, 2.45) is 5.73 Å². The third kappa shape index (κ3) is 3.02. The van der Waals surface area contributed by atoms with Crippen molar-refractivity contribution in [3.63, 3.8) is 0 Å². The van der Waals surface area contributed by atoms with Crippen LogP contribution < -0.4 is 15.8 Å². The maximum Gasteiger partial charge on any atom is 0.200 e. The van der Waals surface area contributed by atoms with E-state index < -0.39 is 11.6 Å². The summed E-state index contributed by atoms with van der Waals surface area (Å²) >= 11 is 5.23. The topological polar surface area (TPSA) is 52.6 Å². The molecule has 0 saturated heterocycles. The minimum Gasteiger partial charge on any atom is -0.488 e. The fourth-order valence-electron chi connectivity index (χ4n) is 2.69. The van der Waals surface area contributed by atoms with Crippen molar-refractivity contribution in [3.8, 4) is 5.75 Å². The molecule has 2 aliphatic rings. The normalized spacial score (nSPS) is 19.8. The third-order valence-electron chi connectivity index (χ3n) is 3.57. The van der Waals surface area contributed by atoms with Crippen LogP contribution in [0.5, 0.6) is 5.75 Å². The van der Waals surface area contributed by atoms with E-state index >= 15 is 0 Å². The van der Waals surface area contributed by atoms with Gasteiger partial charge in [-0.1, -0.05) is 0 Å². The van der Waals surface area contributed by atoms with E-state index in [0.29, 0.717) is 30.1 Å². The molecular formula is C14H15ClF2N3OS. The summed E-state index contributed by atoms with van der Waals surface area (Å²) in [7, 11) is 0. The Morgan fingerprint density at radius 3 is 2.91 bits per heavy atom. The quantitative estimate of drug-likeness (QED) is 0.851. The number of rotatable bonds is 3. The maximum atomic E-state index is 13.7. The minimum absolute atomic E-state index is 0. The summed E-state index contributed by atoms with van der Waals surface area (Å²) in [6.45, 7) is 0.751. The Bertz CT molecular complexity index is 626. The van der Waals surface area contributed by atoms with Crippen molar-refractivity contribution in [2.75, 3.05) is 13.2 Å². The number of thiocarbonyl (C=S) groups is 1. The van der Waals surface area contributed by atoms with Crippen molar-refractivity contribution in [1.29, 1.82) is 0 Å². The molecule has 0 spiro atoms. The summed E-state index contributed by atoms with van der Waals surface area (Å²) in [5.41, 5.74) is 7.00. The summed E-state index contributed by atoms with van der Waals surface area (Å²) in [6, 6.07) is 2.00. The van der Waals surface area contributed by atoms with Gasteiger partial charge in [0.1, 0.15) is 12.4 Å². The van der Waals surface area contributed by atoms with Crippen LogP contribution in [0.15, 0.2) is 24.0 Å². The Balaban J connectivity index is 0.00000176. The molecule has 1 atom stereocenters. The van der Waals surface area contributed by atoms with E-state index in [0.717, 1.165) is 11.8 Å². The van der Waals surface area contributed by atoms with Crippen LogP contribution in [0.1, 0.15) is 12.0 Å². The number of ether oxygens (including phenoxy) is 1. The predicted octanol–water partition coefficient (Wildman–Crippen LogP) is 2.09. The number of nitrogens with two attached hydrogens (primary N) is 1. The first-order valence-corrected chi connectivity index (χ1v) is 7.05. The molecule has 0 aliphatic carbocycles. The summed E-state index contributed by atoms with van der Waals surface area (Å²) in [4.78, 5) is 1.87. The van der Waals surface area contributed by atoms with Crippen molar-refractivity contribution < 1.29 is 13.5 Å². The number of hydrogen-bond donors (Lipinski definition) is 1. The second-order valence-corrected chi connectivity index (χ2v) is 5.35. The van der Waals surface area contributed by atoms with Crippen LogP contribution in [0.25, 0.3) is 0 Å². The van der Waals surface area contributed by atoms with E-state index in [2.05, 4.69) is 5.32 Å².